The normalized spacial score (nSPS) is 12.2. The first-order valence-electron chi connectivity index (χ1n) is 7.48. The number of ether oxygens (including phenoxy) is 1. The molecule has 0 aliphatic heterocycles. The highest BCUT2D eigenvalue weighted by molar-refractivity contribution is 6.35. The summed E-state index contributed by atoms with van der Waals surface area (Å²) in [7, 11) is 0. The summed E-state index contributed by atoms with van der Waals surface area (Å²) in [5.41, 5.74) is 2.05. The van der Waals surface area contributed by atoms with Gasteiger partial charge >= 0.3 is 0 Å². The highest BCUT2D eigenvalue weighted by atomic mass is 35.5. The molecule has 0 aromatic heterocycles. The molecule has 1 N–H and O–H groups in total. The van der Waals surface area contributed by atoms with Crippen molar-refractivity contribution in [1.29, 1.82) is 0 Å². The Kier molecular flexibility index (Phi) is 6.56. The molecule has 4 heteroatoms. The molecule has 118 valence electrons. The molecule has 0 saturated heterocycles. The lowest BCUT2D eigenvalue weighted by Crippen LogP contribution is -2.24. The van der Waals surface area contributed by atoms with Gasteiger partial charge in [0.25, 0.3) is 0 Å². The van der Waals surface area contributed by atoms with Gasteiger partial charge in [-0.2, -0.15) is 0 Å². The van der Waals surface area contributed by atoms with Crippen LogP contribution in [-0.2, 0) is 13.2 Å². The third-order valence-corrected chi connectivity index (χ3v) is 4.34. The average molecular weight is 338 g/mol. The molecule has 0 radical (unpaired) electrons. The largest absolute Gasteiger partial charge is 0.489 e. The van der Waals surface area contributed by atoms with E-state index in [1.54, 1.807) is 0 Å². The van der Waals surface area contributed by atoms with Crippen LogP contribution in [0.4, 0.5) is 0 Å². The Morgan fingerprint density at radius 3 is 2.27 bits per heavy atom. The quantitative estimate of drug-likeness (QED) is 0.724. The molecular formula is C18H21Cl2NO. The average Bonchev–Trinajstić information content (AvgIpc) is 2.53. The maximum absolute atomic E-state index is 6.13. The van der Waals surface area contributed by atoms with Gasteiger partial charge in [0, 0.05) is 28.2 Å². The summed E-state index contributed by atoms with van der Waals surface area (Å²) >= 11 is 12.3. The van der Waals surface area contributed by atoms with Gasteiger partial charge in [0.2, 0.25) is 0 Å². The van der Waals surface area contributed by atoms with E-state index in [1.807, 2.05) is 30.3 Å². The molecule has 1 atom stereocenters. The Morgan fingerprint density at radius 1 is 1.05 bits per heavy atom. The summed E-state index contributed by atoms with van der Waals surface area (Å²) in [6, 6.07) is 14.1. The van der Waals surface area contributed by atoms with Crippen LogP contribution in [0.2, 0.25) is 10.0 Å². The van der Waals surface area contributed by atoms with E-state index >= 15 is 0 Å². The fraction of sp³-hybridized carbons (Fsp3) is 0.333. The maximum Gasteiger partial charge on any atom is 0.119 e. The standard InChI is InChI=1S/C18H21Cl2NO/c1-3-13(2)21-11-14-7-9-15(10-8-14)22-12-16-17(19)5-4-6-18(16)20/h4-10,13,21H,3,11-12H2,1-2H3. The summed E-state index contributed by atoms with van der Waals surface area (Å²) in [5, 5.41) is 4.72. The van der Waals surface area contributed by atoms with Crippen LogP contribution in [-0.4, -0.2) is 6.04 Å². The van der Waals surface area contributed by atoms with E-state index < -0.39 is 0 Å². The molecule has 0 saturated carbocycles. The number of halogens is 2. The summed E-state index contributed by atoms with van der Waals surface area (Å²) in [6.45, 7) is 5.59. The number of benzene rings is 2. The highest BCUT2D eigenvalue weighted by Gasteiger charge is 2.06. The number of rotatable bonds is 7. The second-order valence-electron chi connectivity index (χ2n) is 5.32. The Hall–Kier alpha value is -1.22. The fourth-order valence-corrected chi connectivity index (χ4v) is 2.47. The molecule has 0 aliphatic carbocycles. The Labute approximate surface area is 142 Å². The monoisotopic (exact) mass is 337 g/mol. The van der Waals surface area contributed by atoms with E-state index in [1.165, 1.54) is 5.56 Å². The van der Waals surface area contributed by atoms with Crippen LogP contribution in [0.1, 0.15) is 31.4 Å². The molecule has 0 amide bonds. The summed E-state index contributed by atoms with van der Waals surface area (Å²) in [6.07, 6.45) is 1.12. The smallest absolute Gasteiger partial charge is 0.119 e. The molecule has 2 aromatic carbocycles. The first-order valence-corrected chi connectivity index (χ1v) is 8.23. The molecule has 0 heterocycles. The van der Waals surface area contributed by atoms with Gasteiger partial charge in [-0.3, -0.25) is 0 Å². The van der Waals surface area contributed by atoms with E-state index in [-0.39, 0.29) is 0 Å². The maximum atomic E-state index is 6.13. The van der Waals surface area contributed by atoms with Gasteiger partial charge in [-0.05, 0) is 43.2 Å². The zero-order valence-corrected chi connectivity index (χ0v) is 14.4. The van der Waals surface area contributed by atoms with E-state index in [9.17, 15) is 0 Å². The van der Waals surface area contributed by atoms with Crippen molar-refractivity contribution in [3.05, 3.63) is 63.6 Å². The molecule has 2 nitrogen and oxygen atoms in total. The number of hydrogen-bond acceptors (Lipinski definition) is 2. The SMILES string of the molecule is CCC(C)NCc1ccc(OCc2c(Cl)cccc2Cl)cc1. The van der Waals surface area contributed by atoms with Crippen LogP contribution in [0.3, 0.4) is 0 Å². The minimum atomic E-state index is 0.364. The first kappa shape index (κ1) is 17.1. The van der Waals surface area contributed by atoms with Crippen molar-refractivity contribution in [2.75, 3.05) is 0 Å². The van der Waals surface area contributed by atoms with E-state index in [0.29, 0.717) is 22.7 Å². The predicted octanol–water partition coefficient (Wildman–Crippen LogP) is 5.46. The Morgan fingerprint density at radius 2 is 1.68 bits per heavy atom. The van der Waals surface area contributed by atoms with E-state index in [0.717, 1.165) is 24.3 Å². The minimum absolute atomic E-state index is 0.364. The second-order valence-corrected chi connectivity index (χ2v) is 6.14. The second kappa shape index (κ2) is 8.42. The molecular weight excluding hydrogens is 317 g/mol. The minimum Gasteiger partial charge on any atom is -0.489 e. The van der Waals surface area contributed by atoms with Crippen molar-refractivity contribution in [3.8, 4) is 5.75 Å². The van der Waals surface area contributed by atoms with E-state index in [4.69, 9.17) is 27.9 Å². The van der Waals surface area contributed by atoms with Gasteiger partial charge in [0.1, 0.15) is 12.4 Å². The van der Waals surface area contributed by atoms with E-state index in [2.05, 4.69) is 31.3 Å². The van der Waals surface area contributed by atoms with Gasteiger partial charge in [0.05, 0.1) is 0 Å². The summed E-state index contributed by atoms with van der Waals surface area (Å²) in [4.78, 5) is 0. The van der Waals surface area contributed by atoms with Crippen molar-refractivity contribution < 1.29 is 4.74 Å². The van der Waals surface area contributed by atoms with Crippen LogP contribution in [0, 0.1) is 0 Å². The molecule has 0 spiro atoms. The molecule has 0 bridgehead atoms. The van der Waals surface area contributed by atoms with Crippen molar-refractivity contribution in [2.45, 2.75) is 39.5 Å². The van der Waals surface area contributed by atoms with Gasteiger partial charge < -0.3 is 10.1 Å². The van der Waals surface area contributed by atoms with Gasteiger partial charge in [-0.15, -0.1) is 0 Å². The van der Waals surface area contributed by atoms with Crippen molar-refractivity contribution in [2.24, 2.45) is 0 Å². The number of hydrogen-bond donors (Lipinski definition) is 1. The topological polar surface area (TPSA) is 21.3 Å². The Bertz CT molecular complexity index is 578. The van der Waals surface area contributed by atoms with Crippen molar-refractivity contribution in [3.63, 3.8) is 0 Å². The van der Waals surface area contributed by atoms with Crippen LogP contribution >= 0.6 is 23.2 Å². The third-order valence-electron chi connectivity index (χ3n) is 3.64. The van der Waals surface area contributed by atoms with Crippen molar-refractivity contribution >= 4 is 23.2 Å². The third kappa shape index (κ3) is 4.91. The predicted molar refractivity (Wildman–Crippen MR) is 93.8 cm³/mol. The molecule has 2 rings (SSSR count). The van der Waals surface area contributed by atoms with Gasteiger partial charge in [0.15, 0.2) is 0 Å². The lowest BCUT2D eigenvalue weighted by Gasteiger charge is -2.12. The van der Waals surface area contributed by atoms with Crippen molar-refractivity contribution in [1.82, 2.24) is 5.32 Å². The zero-order chi connectivity index (χ0) is 15.9. The summed E-state index contributed by atoms with van der Waals surface area (Å²) in [5.74, 6) is 0.809. The highest BCUT2D eigenvalue weighted by Crippen LogP contribution is 2.25. The lowest BCUT2D eigenvalue weighted by atomic mass is 10.2. The fourth-order valence-electron chi connectivity index (χ4n) is 1.97. The molecule has 22 heavy (non-hydrogen) atoms. The van der Waals surface area contributed by atoms with Crippen LogP contribution in [0.25, 0.3) is 0 Å². The Balaban J connectivity index is 1.91. The van der Waals surface area contributed by atoms with Crippen LogP contribution in [0.15, 0.2) is 42.5 Å². The van der Waals surface area contributed by atoms with Gasteiger partial charge in [-0.25, -0.2) is 0 Å². The lowest BCUT2D eigenvalue weighted by molar-refractivity contribution is 0.306. The molecule has 0 fully saturated rings. The summed E-state index contributed by atoms with van der Waals surface area (Å²) < 4.78 is 5.77. The molecule has 0 aliphatic rings. The molecule has 2 aromatic rings. The zero-order valence-electron chi connectivity index (χ0n) is 12.9. The first-order chi connectivity index (χ1) is 10.6. The molecule has 1 unspecified atom stereocenters. The van der Waals surface area contributed by atoms with Crippen LogP contribution in [0.5, 0.6) is 5.75 Å². The van der Waals surface area contributed by atoms with Gasteiger partial charge in [-0.1, -0.05) is 48.3 Å². The van der Waals surface area contributed by atoms with Crippen LogP contribution < -0.4 is 10.1 Å². The number of nitrogens with one attached hydrogen (secondary N) is 1.